The third-order valence-electron chi connectivity index (χ3n) is 5.03. The van der Waals surface area contributed by atoms with E-state index >= 15 is 0 Å². The van der Waals surface area contributed by atoms with E-state index in [0.29, 0.717) is 49.8 Å². The van der Waals surface area contributed by atoms with E-state index in [9.17, 15) is 9.59 Å². The number of anilines is 1. The van der Waals surface area contributed by atoms with Crippen molar-refractivity contribution in [2.24, 2.45) is 0 Å². The first kappa shape index (κ1) is 18.3. The van der Waals surface area contributed by atoms with E-state index in [0.717, 1.165) is 10.9 Å². The van der Waals surface area contributed by atoms with E-state index < -0.39 is 0 Å². The van der Waals surface area contributed by atoms with Gasteiger partial charge in [-0.3, -0.25) is 9.59 Å². The molecule has 0 atom stereocenters. The highest BCUT2D eigenvalue weighted by Gasteiger charge is 2.19. The van der Waals surface area contributed by atoms with Gasteiger partial charge in [-0.15, -0.1) is 0 Å². The summed E-state index contributed by atoms with van der Waals surface area (Å²) in [6, 6.07) is 16.9. The van der Waals surface area contributed by atoms with Gasteiger partial charge in [-0.2, -0.15) is 0 Å². The molecule has 0 spiro atoms. The largest absolute Gasteiger partial charge is 0.378 e. The van der Waals surface area contributed by atoms with Crippen LogP contribution in [0.3, 0.4) is 0 Å². The fraction of sp³-hybridized carbons (Fsp3) is 0.273. The number of nitrogens with zero attached hydrogens (tertiary/aromatic N) is 2. The molecule has 1 aliphatic heterocycles. The normalized spacial score (nSPS) is 14.2. The van der Waals surface area contributed by atoms with Crippen LogP contribution in [0.15, 0.2) is 54.6 Å². The lowest BCUT2D eigenvalue weighted by atomic mass is 10.1. The first-order chi connectivity index (χ1) is 13.7. The molecule has 144 valence electrons. The Labute approximate surface area is 163 Å². The zero-order valence-corrected chi connectivity index (χ0v) is 15.9. The van der Waals surface area contributed by atoms with E-state index in [1.807, 2.05) is 41.8 Å². The number of para-hydroxylation sites is 1. The Morgan fingerprint density at radius 2 is 1.82 bits per heavy atom. The lowest BCUT2D eigenvalue weighted by Gasteiger charge is -2.27. The average Bonchev–Trinajstić information content (AvgIpc) is 3.13. The average molecular weight is 377 g/mol. The van der Waals surface area contributed by atoms with Gasteiger partial charge in [0.05, 0.1) is 13.2 Å². The minimum atomic E-state index is -0.186. The number of amides is 2. The second-order valence-corrected chi connectivity index (χ2v) is 6.77. The summed E-state index contributed by atoms with van der Waals surface area (Å²) < 4.78 is 7.30. The Hall–Kier alpha value is -3.12. The van der Waals surface area contributed by atoms with Crippen LogP contribution in [0.1, 0.15) is 27.8 Å². The molecule has 2 heterocycles. The molecule has 0 bridgehead atoms. The molecule has 1 aromatic heterocycles. The predicted molar refractivity (Wildman–Crippen MR) is 109 cm³/mol. The van der Waals surface area contributed by atoms with E-state index in [2.05, 4.69) is 5.32 Å². The van der Waals surface area contributed by atoms with Crippen LogP contribution in [0.2, 0.25) is 0 Å². The topological polar surface area (TPSA) is 63.6 Å². The van der Waals surface area contributed by atoms with Gasteiger partial charge in [-0.25, -0.2) is 0 Å². The summed E-state index contributed by atoms with van der Waals surface area (Å²) >= 11 is 0. The quantitative estimate of drug-likeness (QED) is 0.758. The fourth-order valence-corrected chi connectivity index (χ4v) is 3.61. The highest BCUT2D eigenvalue weighted by Crippen LogP contribution is 2.21. The SMILES string of the molecule is CCn1c(C(=O)Nc2cccc(C(=O)N3CCOCC3)c2)cc2ccccc21. The molecule has 6 nitrogen and oxygen atoms in total. The van der Waals surface area contributed by atoms with E-state index in [1.165, 1.54) is 0 Å². The van der Waals surface area contributed by atoms with Crippen molar-refractivity contribution in [1.82, 2.24) is 9.47 Å². The monoisotopic (exact) mass is 377 g/mol. The van der Waals surface area contributed by atoms with Crippen molar-refractivity contribution in [3.8, 4) is 0 Å². The number of hydrogen-bond acceptors (Lipinski definition) is 3. The number of aryl methyl sites for hydroxylation is 1. The van der Waals surface area contributed by atoms with Gasteiger partial charge in [0.15, 0.2) is 0 Å². The second kappa shape index (κ2) is 7.86. The number of fused-ring (bicyclic) bond motifs is 1. The Bertz CT molecular complexity index is 1020. The van der Waals surface area contributed by atoms with Gasteiger partial charge in [0, 0.05) is 41.8 Å². The lowest BCUT2D eigenvalue weighted by Crippen LogP contribution is -2.40. The maximum absolute atomic E-state index is 12.9. The van der Waals surface area contributed by atoms with Crippen LogP contribution in [0.25, 0.3) is 10.9 Å². The van der Waals surface area contributed by atoms with Crippen LogP contribution in [-0.4, -0.2) is 47.6 Å². The summed E-state index contributed by atoms with van der Waals surface area (Å²) in [4.78, 5) is 27.4. The zero-order valence-electron chi connectivity index (χ0n) is 15.9. The van der Waals surface area contributed by atoms with Crippen molar-refractivity contribution in [2.75, 3.05) is 31.6 Å². The van der Waals surface area contributed by atoms with Crippen LogP contribution in [0.4, 0.5) is 5.69 Å². The molecule has 0 aliphatic carbocycles. The van der Waals surface area contributed by atoms with Gasteiger partial charge >= 0.3 is 0 Å². The minimum absolute atomic E-state index is 0.0397. The molecule has 1 fully saturated rings. The first-order valence-corrected chi connectivity index (χ1v) is 9.54. The molecule has 1 saturated heterocycles. The summed E-state index contributed by atoms with van der Waals surface area (Å²) in [6.45, 7) is 5.02. The van der Waals surface area contributed by atoms with Gasteiger partial charge in [0.1, 0.15) is 5.69 Å². The molecular formula is C22H23N3O3. The number of carbonyl (C=O) groups excluding carboxylic acids is 2. The third kappa shape index (κ3) is 3.51. The molecule has 2 aromatic carbocycles. The van der Waals surface area contributed by atoms with Crippen molar-refractivity contribution in [3.63, 3.8) is 0 Å². The highest BCUT2D eigenvalue weighted by atomic mass is 16.5. The molecular weight excluding hydrogens is 354 g/mol. The number of aromatic nitrogens is 1. The summed E-state index contributed by atoms with van der Waals surface area (Å²) in [6.07, 6.45) is 0. The minimum Gasteiger partial charge on any atom is -0.378 e. The number of rotatable bonds is 4. The van der Waals surface area contributed by atoms with Crippen LogP contribution >= 0.6 is 0 Å². The number of nitrogens with one attached hydrogen (secondary N) is 1. The van der Waals surface area contributed by atoms with Crippen molar-refractivity contribution < 1.29 is 14.3 Å². The number of morpholine rings is 1. The number of benzene rings is 2. The predicted octanol–water partition coefficient (Wildman–Crippen LogP) is 3.39. The van der Waals surface area contributed by atoms with Crippen LogP contribution < -0.4 is 5.32 Å². The molecule has 3 aromatic rings. The zero-order chi connectivity index (χ0) is 19.5. The van der Waals surface area contributed by atoms with Gasteiger partial charge in [0.25, 0.3) is 11.8 Å². The lowest BCUT2D eigenvalue weighted by molar-refractivity contribution is 0.0303. The summed E-state index contributed by atoms with van der Waals surface area (Å²) in [5.41, 5.74) is 2.81. The van der Waals surface area contributed by atoms with Gasteiger partial charge < -0.3 is 19.5 Å². The van der Waals surface area contributed by atoms with E-state index in [-0.39, 0.29) is 11.8 Å². The fourth-order valence-electron chi connectivity index (χ4n) is 3.61. The third-order valence-corrected chi connectivity index (χ3v) is 5.03. The molecule has 28 heavy (non-hydrogen) atoms. The maximum atomic E-state index is 12.9. The Morgan fingerprint density at radius 1 is 1.04 bits per heavy atom. The van der Waals surface area contributed by atoms with Crippen molar-refractivity contribution >= 4 is 28.4 Å². The maximum Gasteiger partial charge on any atom is 0.272 e. The van der Waals surface area contributed by atoms with Gasteiger partial charge in [-0.05, 0) is 37.3 Å². The Morgan fingerprint density at radius 3 is 2.61 bits per heavy atom. The number of ether oxygens (including phenoxy) is 1. The number of carbonyl (C=O) groups is 2. The molecule has 0 radical (unpaired) electrons. The van der Waals surface area contributed by atoms with Gasteiger partial charge in [0.2, 0.25) is 0 Å². The molecule has 1 N–H and O–H groups in total. The van der Waals surface area contributed by atoms with Crippen LogP contribution in [0.5, 0.6) is 0 Å². The van der Waals surface area contributed by atoms with Crippen molar-refractivity contribution in [3.05, 3.63) is 65.9 Å². The van der Waals surface area contributed by atoms with Crippen LogP contribution in [-0.2, 0) is 11.3 Å². The standard InChI is InChI=1S/C22H23N3O3/c1-2-25-19-9-4-3-6-16(19)15-20(25)21(26)23-18-8-5-7-17(14-18)22(27)24-10-12-28-13-11-24/h3-9,14-15H,2,10-13H2,1H3,(H,23,26). The van der Waals surface area contributed by atoms with Crippen LogP contribution in [0, 0.1) is 0 Å². The van der Waals surface area contributed by atoms with Crippen molar-refractivity contribution in [1.29, 1.82) is 0 Å². The molecule has 0 unspecified atom stereocenters. The smallest absolute Gasteiger partial charge is 0.272 e. The first-order valence-electron chi connectivity index (χ1n) is 9.54. The van der Waals surface area contributed by atoms with E-state index in [1.54, 1.807) is 29.2 Å². The highest BCUT2D eigenvalue weighted by molar-refractivity contribution is 6.07. The molecule has 2 amide bonds. The summed E-state index contributed by atoms with van der Waals surface area (Å²) in [5, 5.41) is 3.97. The number of hydrogen-bond donors (Lipinski definition) is 1. The summed E-state index contributed by atoms with van der Waals surface area (Å²) in [5.74, 6) is -0.226. The Kier molecular flexibility index (Phi) is 5.12. The molecule has 4 rings (SSSR count). The van der Waals surface area contributed by atoms with E-state index in [4.69, 9.17) is 4.74 Å². The summed E-state index contributed by atoms with van der Waals surface area (Å²) in [7, 11) is 0. The van der Waals surface area contributed by atoms with Gasteiger partial charge in [-0.1, -0.05) is 24.3 Å². The molecule has 6 heteroatoms. The second-order valence-electron chi connectivity index (χ2n) is 6.77. The van der Waals surface area contributed by atoms with Crippen molar-refractivity contribution in [2.45, 2.75) is 13.5 Å². The molecule has 0 saturated carbocycles. The molecule has 1 aliphatic rings. The Balaban J connectivity index is 1.56.